The zero-order valence-electron chi connectivity index (χ0n) is 10.1. The summed E-state index contributed by atoms with van der Waals surface area (Å²) in [6, 6.07) is 0. The van der Waals surface area contributed by atoms with Crippen LogP contribution in [0.25, 0.3) is 0 Å². The maximum absolute atomic E-state index is 12.4. The highest BCUT2D eigenvalue weighted by molar-refractivity contribution is 7.89. The lowest BCUT2D eigenvalue weighted by Crippen LogP contribution is -2.46. The summed E-state index contributed by atoms with van der Waals surface area (Å²) in [5.41, 5.74) is 5.20. The predicted molar refractivity (Wildman–Crippen MR) is 62.5 cm³/mol. The SMILES string of the molecule is NCCN(CC(F)(F)F)S(=O)(=O)C1CCCCC1. The number of nitrogens with zero attached hydrogens (tertiary/aromatic N) is 1. The van der Waals surface area contributed by atoms with E-state index in [2.05, 4.69) is 0 Å². The van der Waals surface area contributed by atoms with Crippen molar-refractivity contribution in [2.45, 2.75) is 43.5 Å². The largest absolute Gasteiger partial charge is 0.402 e. The van der Waals surface area contributed by atoms with Gasteiger partial charge < -0.3 is 5.73 Å². The molecule has 2 N–H and O–H groups in total. The molecule has 0 radical (unpaired) electrons. The third kappa shape index (κ3) is 4.40. The fraction of sp³-hybridized carbons (Fsp3) is 1.00. The fourth-order valence-electron chi connectivity index (χ4n) is 2.21. The van der Waals surface area contributed by atoms with Crippen LogP contribution >= 0.6 is 0 Å². The molecule has 1 fully saturated rings. The summed E-state index contributed by atoms with van der Waals surface area (Å²) in [6.45, 7) is -1.83. The fourth-order valence-corrected chi connectivity index (χ4v) is 4.25. The molecule has 1 saturated carbocycles. The number of hydrogen-bond acceptors (Lipinski definition) is 3. The zero-order valence-corrected chi connectivity index (χ0v) is 10.9. The van der Waals surface area contributed by atoms with Gasteiger partial charge >= 0.3 is 6.18 Å². The number of hydrogen-bond donors (Lipinski definition) is 1. The van der Waals surface area contributed by atoms with Gasteiger partial charge in [-0.25, -0.2) is 8.42 Å². The van der Waals surface area contributed by atoms with Crippen molar-refractivity contribution < 1.29 is 21.6 Å². The Morgan fingerprint density at radius 2 is 1.72 bits per heavy atom. The van der Waals surface area contributed by atoms with Crippen molar-refractivity contribution in [3.05, 3.63) is 0 Å². The number of alkyl halides is 3. The average Bonchev–Trinajstić information content (AvgIpc) is 2.28. The Hall–Kier alpha value is -0.340. The van der Waals surface area contributed by atoms with Crippen LogP contribution in [0, 0.1) is 0 Å². The van der Waals surface area contributed by atoms with E-state index in [9.17, 15) is 21.6 Å². The molecular formula is C10H19F3N2O2S. The van der Waals surface area contributed by atoms with E-state index in [0.29, 0.717) is 17.1 Å². The highest BCUT2D eigenvalue weighted by Crippen LogP contribution is 2.28. The van der Waals surface area contributed by atoms with Crippen LogP contribution in [0.2, 0.25) is 0 Å². The minimum Gasteiger partial charge on any atom is -0.329 e. The van der Waals surface area contributed by atoms with Gasteiger partial charge in [0.25, 0.3) is 0 Å². The van der Waals surface area contributed by atoms with Gasteiger partial charge in [0.05, 0.1) is 5.25 Å². The number of rotatable bonds is 5. The topological polar surface area (TPSA) is 63.4 Å². The van der Waals surface area contributed by atoms with Crippen molar-refractivity contribution in [1.29, 1.82) is 0 Å². The summed E-state index contributed by atoms with van der Waals surface area (Å²) in [5, 5.41) is -0.680. The molecule has 4 nitrogen and oxygen atoms in total. The second-order valence-corrected chi connectivity index (χ2v) is 6.76. The smallest absolute Gasteiger partial charge is 0.329 e. The zero-order chi connectivity index (χ0) is 13.8. The van der Waals surface area contributed by atoms with E-state index in [1.165, 1.54) is 0 Å². The van der Waals surface area contributed by atoms with E-state index < -0.39 is 28.0 Å². The number of sulfonamides is 1. The molecule has 0 unspecified atom stereocenters. The molecule has 0 bridgehead atoms. The second-order valence-electron chi connectivity index (χ2n) is 4.54. The Morgan fingerprint density at radius 1 is 1.17 bits per heavy atom. The van der Waals surface area contributed by atoms with Gasteiger partial charge in [0, 0.05) is 13.1 Å². The van der Waals surface area contributed by atoms with E-state index >= 15 is 0 Å². The van der Waals surface area contributed by atoms with Crippen LogP contribution in [-0.4, -0.2) is 43.8 Å². The maximum atomic E-state index is 12.4. The second kappa shape index (κ2) is 6.21. The molecule has 0 atom stereocenters. The molecule has 0 aromatic carbocycles. The van der Waals surface area contributed by atoms with E-state index in [1.54, 1.807) is 0 Å². The molecule has 0 amide bonds. The standard InChI is InChI=1S/C10H19F3N2O2S/c11-10(12,13)8-15(7-6-14)18(16,17)9-4-2-1-3-5-9/h9H,1-8,14H2. The molecule has 1 rings (SSSR count). The van der Waals surface area contributed by atoms with E-state index in [4.69, 9.17) is 5.73 Å². The van der Waals surface area contributed by atoms with Crippen LogP contribution in [0.15, 0.2) is 0 Å². The Morgan fingerprint density at radius 3 is 2.17 bits per heavy atom. The van der Waals surface area contributed by atoms with Gasteiger partial charge in [-0.05, 0) is 12.8 Å². The number of nitrogens with two attached hydrogens (primary N) is 1. The Bertz CT molecular complexity index is 351. The summed E-state index contributed by atoms with van der Waals surface area (Å²) in [4.78, 5) is 0. The van der Waals surface area contributed by atoms with Crippen LogP contribution in [-0.2, 0) is 10.0 Å². The first-order valence-corrected chi connectivity index (χ1v) is 7.53. The van der Waals surface area contributed by atoms with Crippen molar-refractivity contribution in [2.75, 3.05) is 19.6 Å². The molecule has 0 spiro atoms. The lowest BCUT2D eigenvalue weighted by molar-refractivity contribution is -0.136. The molecule has 8 heteroatoms. The molecule has 0 aromatic rings. The van der Waals surface area contributed by atoms with Gasteiger partial charge in [-0.2, -0.15) is 17.5 Å². The summed E-state index contributed by atoms with van der Waals surface area (Å²) in [7, 11) is -3.89. The van der Waals surface area contributed by atoms with Crippen molar-refractivity contribution in [1.82, 2.24) is 4.31 Å². The van der Waals surface area contributed by atoms with Crippen LogP contribution in [0.4, 0.5) is 13.2 Å². The molecule has 0 heterocycles. The van der Waals surface area contributed by atoms with Crippen LogP contribution in [0.1, 0.15) is 32.1 Å². The molecule has 1 aliphatic carbocycles. The average molecular weight is 288 g/mol. The summed E-state index contributed by atoms with van der Waals surface area (Å²) in [6.07, 6.45) is -1.18. The van der Waals surface area contributed by atoms with Crippen LogP contribution < -0.4 is 5.73 Å². The Balaban J connectivity index is 2.81. The summed E-state index contributed by atoms with van der Waals surface area (Å²) in [5.74, 6) is 0. The van der Waals surface area contributed by atoms with Crippen molar-refractivity contribution in [3.63, 3.8) is 0 Å². The summed E-state index contributed by atoms with van der Waals surface area (Å²) >= 11 is 0. The first-order valence-electron chi connectivity index (χ1n) is 6.03. The van der Waals surface area contributed by atoms with Gasteiger partial charge in [-0.15, -0.1) is 0 Å². The Labute approximate surface area is 105 Å². The van der Waals surface area contributed by atoms with Crippen LogP contribution in [0.5, 0.6) is 0 Å². The van der Waals surface area contributed by atoms with Crippen molar-refractivity contribution in [3.8, 4) is 0 Å². The van der Waals surface area contributed by atoms with Gasteiger partial charge in [-0.3, -0.25) is 0 Å². The Kier molecular flexibility index (Phi) is 5.42. The minimum absolute atomic E-state index is 0.109. The van der Waals surface area contributed by atoms with Gasteiger partial charge in [0.15, 0.2) is 0 Å². The van der Waals surface area contributed by atoms with E-state index in [0.717, 1.165) is 19.3 Å². The van der Waals surface area contributed by atoms with Crippen LogP contribution in [0.3, 0.4) is 0 Å². The van der Waals surface area contributed by atoms with E-state index in [1.807, 2.05) is 0 Å². The third-order valence-electron chi connectivity index (χ3n) is 3.07. The molecule has 0 aromatic heterocycles. The quantitative estimate of drug-likeness (QED) is 0.833. The van der Waals surface area contributed by atoms with Gasteiger partial charge in [-0.1, -0.05) is 19.3 Å². The predicted octanol–water partition coefficient (Wildman–Crippen LogP) is 1.47. The molecule has 0 aliphatic heterocycles. The normalized spacial score (nSPS) is 19.4. The molecule has 18 heavy (non-hydrogen) atoms. The highest BCUT2D eigenvalue weighted by atomic mass is 32.2. The third-order valence-corrected chi connectivity index (χ3v) is 5.41. The lowest BCUT2D eigenvalue weighted by atomic mass is 10.0. The minimum atomic E-state index is -4.53. The maximum Gasteiger partial charge on any atom is 0.402 e. The lowest BCUT2D eigenvalue weighted by Gasteiger charge is -2.29. The molecule has 108 valence electrons. The van der Waals surface area contributed by atoms with Gasteiger partial charge in [0.2, 0.25) is 10.0 Å². The molecule has 1 aliphatic rings. The van der Waals surface area contributed by atoms with Crippen molar-refractivity contribution in [2.24, 2.45) is 5.73 Å². The molecular weight excluding hydrogens is 269 g/mol. The molecule has 0 saturated heterocycles. The number of halogens is 3. The first-order chi connectivity index (χ1) is 8.27. The van der Waals surface area contributed by atoms with Gasteiger partial charge in [0.1, 0.15) is 6.54 Å². The van der Waals surface area contributed by atoms with E-state index in [-0.39, 0.29) is 13.1 Å². The van der Waals surface area contributed by atoms with Crippen molar-refractivity contribution >= 4 is 10.0 Å². The highest BCUT2D eigenvalue weighted by Gasteiger charge is 2.39. The summed E-state index contributed by atoms with van der Waals surface area (Å²) < 4.78 is 61.9. The first kappa shape index (κ1) is 15.7. The monoisotopic (exact) mass is 288 g/mol.